The fourth-order valence-electron chi connectivity index (χ4n) is 2.67. The van der Waals surface area contributed by atoms with Gasteiger partial charge in [0.25, 0.3) is 0 Å². The van der Waals surface area contributed by atoms with E-state index in [-0.39, 0.29) is 17.6 Å². The maximum absolute atomic E-state index is 13.3. The van der Waals surface area contributed by atoms with Gasteiger partial charge >= 0.3 is 0 Å². The fourth-order valence-corrected chi connectivity index (χ4v) is 2.67. The van der Waals surface area contributed by atoms with Crippen LogP contribution in [0.4, 0.5) is 10.2 Å². The van der Waals surface area contributed by atoms with Crippen LogP contribution in [0.2, 0.25) is 0 Å². The highest BCUT2D eigenvalue weighted by molar-refractivity contribution is 5.99. The van der Waals surface area contributed by atoms with E-state index in [0.717, 1.165) is 5.82 Å². The van der Waals surface area contributed by atoms with Gasteiger partial charge in [-0.25, -0.2) is 14.1 Å². The normalized spacial score (nSPS) is 17.4. The van der Waals surface area contributed by atoms with Gasteiger partial charge < -0.3 is 9.84 Å². The van der Waals surface area contributed by atoms with Gasteiger partial charge in [-0.15, -0.1) is 0 Å². The van der Waals surface area contributed by atoms with Gasteiger partial charge in [-0.1, -0.05) is 5.16 Å². The number of anilines is 1. The van der Waals surface area contributed by atoms with E-state index in [1.807, 2.05) is 0 Å². The summed E-state index contributed by atoms with van der Waals surface area (Å²) in [4.78, 5) is 16.5. The molecule has 8 heteroatoms. The average Bonchev–Trinajstić information content (AvgIpc) is 3.13. The Morgan fingerprint density at radius 1 is 1.45 bits per heavy atom. The van der Waals surface area contributed by atoms with Gasteiger partial charge in [0, 0.05) is 6.42 Å². The smallest absolute Gasteiger partial charge is 0.230 e. The predicted octanol–water partition coefficient (Wildman–Crippen LogP) is 1.76. The van der Waals surface area contributed by atoms with E-state index in [2.05, 4.69) is 20.6 Å². The summed E-state index contributed by atoms with van der Waals surface area (Å²) < 4.78 is 20.1. The third-order valence-electron chi connectivity index (χ3n) is 3.85. The lowest BCUT2D eigenvalue weighted by atomic mass is 9.99. The van der Waals surface area contributed by atoms with Crippen molar-refractivity contribution in [1.29, 1.82) is 0 Å². The molecule has 0 saturated carbocycles. The summed E-state index contributed by atoms with van der Waals surface area (Å²) in [7, 11) is 0. The quantitative estimate of drug-likeness (QED) is 0.779. The number of amides is 1. The van der Waals surface area contributed by atoms with E-state index in [9.17, 15) is 9.18 Å². The van der Waals surface area contributed by atoms with E-state index in [1.165, 1.54) is 24.5 Å². The summed E-state index contributed by atoms with van der Waals surface area (Å²) >= 11 is 0. The van der Waals surface area contributed by atoms with Crippen LogP contribution >= 0.6 is 0 Å². The molecule has 1 N–H and O–H groups in total. The molecule has 3 heterocycles. The maximum Gasteiger partial charge on any atom is 0.230 e. The van der Waals surface area contributed by atoms with Crippen LogP contribution in [0.3, 0.4) is 0 Å². The van der Waals surface area contributed by atoms with E-state index in [1.54, 1.807) is 4.68 Å². The van der Waals surface area contributed by atoms with E-state index in [4.69, 9.17) is 4.52 Å². The van der Waals surface area contributed by atoms with E-state index in [0.29, 0.717) is 30.4 Å². The molecule has 0 bridgehead atoms. The minimum absolute atomic E-state index is 0.180. The zero-order valence-electron chi connectivity index (χ0n) is 11.5. The van der Waals surface area contributed by atoms with Crippen molar-refractivity contribution in [2.24, 2.45) is 5.92 Å². The second kappa shape index (κ2) is 4.90. The molecule has 4 rings (SSSR count). The van der Waals surface area contributed by atoms with Gasteiger partial charge in [-0.2, -0.15) is 5.10 Å². The van der Waals surface area contributed by atoms with Crippen LogP contribution < -0.4 is 5.32 Å². The molecule has 22 heavy (non-hydrogen) atoms. The lowest BCUT2D eigenvalue weighted by Crippen LogP contribution is -2.31. The first-order chi connectivity index (χ1) is 10.7. The van der Waals surface area contributed by atoms with Crippen molar-refractivity contribution in [2.45, 2.75) is 19.4 Å². The lowest BCUT2D eigenvalue weighted by Gasteiger charge is -2.21. The molecule has 0 aliphatic carbocycles. The highest BCUT2D eigenvalue weighted by Gasteiger charge is 2.26. The number of nitrogens with zero attached hydrogens (tertiary/aromatic N) is 4. The fraction of sp³-hybridized carbons (Fsp3) is 0.286. The number of rotatable bonds is 2. The molecule has 3 aromatic rings. The lowest BCUT2D eigenvalue weighted by molar-refractivity contribution is -0.120. The first kappa shape index (κ1) is 12.9. The standard InChI is InChI=1S/C14H12FN5O2/c15-9-2-3-11-10(5-9)13(19-22-11)18-14(21)8-1-4-12-16-7-17-20(12)6-8/h2-3,5,7-8H,1,4,6H2,(H,18,19,21). The van der Waals surface area contributed by atoms with Gasteiger partial charge in [0.2, 0.25) is 5.91 Å². The largest absolute Gasteiger partial charge is 0.354 e. The van der Waals surface area contributed by atoms with Crippen molar-refractivity contribution in [3.05, 3.63) is 36.2 Å². The molecule has 1 aromatic carbocycles. The van der Waals surface area contributed by atoms with Crippen molar-refractivity contribution in [3.8, 4) is 0 Å². The SMILES string of the molecule is O=C(Nc1noc2ccc(F)cc12)C1CCc2ncnn2C1. The zero-order chi connectivity index (χ0) is 15.1. The molecule has 0 spiro atoms. The third kappa shape index (κ3) is 2.12. The number of aromatic nitrogens is 4. The van der Waals surface area contributed by atoms with Gasteiger partial charge in [0.15, 0.2) is 11.4 Å². The number of hydrogen-bond acceptors (Lipinski definition) is 5. The van der Waals surface area contributed by atoms with Gasteiger partial charge in [0.1, 0.15) is 18.0 Å². The molecular weight excluding hydrogens is 289 g/mol. The van der Waals surface area contributed by atoms with Crippen LogP contribution in [0, 0.1) is 11.7 Å². The Morgan fingerprint density at radius 2 is 2.36 bits per heavy atom. The van der Waals surface area contributed by atoms with E-state index >= 15 is 0 Å². The average molecular weight is 301 g/mol. The molecule has 0 fully saturated rings. The topological polar surface area (TPSA) is 85.8 Å². The Morgan fingerprint density at radius 3 is 3.27 bits per heavy atom. The van der Waals surface area contributed by atoms with Crippen molar-refractivity contribution >= 4 is 22.7 Å². The highest BCUT2D eigenvalue weighted by atomic mass is 19.1. The van der Waals surface area contributed by atoms with Gasteiger partial charge in [-0.3, -0.25) is 4.79 Å². The van der Waals surface area contributed by atoms with Crippen LogP contribution in [-0.4, -0.2) is 25.8 Å². The second-order valence-corrected chi connectivity index (χ2v) is 5.25. The summed E-state index contributed by atoms with van der Waals surface area (Å²) in [5.41, 5.74) is 0.430. The molecule has 0 saturated heterocycles. The summed E-state index contributed by atoms with van der Waals surface area (Å²) in [6, 6.07) is 4.06. The molecule has 1 unspecified atom stereocenters. The molecule has 7 nitrogen and oxygen atoms in total. The minimum Gasteiger partial charge on any atom is -0.354 e. The maximum atomic E-state index is 13.3. The van der Waals surface area contributed by atoms with Crippen LogP contribution in [0.1, 0.15) is 12.2 Å². The van der Waals surface area contributed by atoms with Gasteiger partial charge in [-0.05, 0) is 24.6 Å². The predicted molar refractivity (Wildman–Crippen MR) is 74.4 cm³/mol. The first-order valence-electron chi connectivity index (χ1n) is 6.93. The number of benzene rings is 1. The van der Waals surface area contributed by atoms with Crippen molar-refractivity contribution in [2.75, 3.05) is 5.32 Å². The number of carbonyl (C=O) groups excluding carboxylic acids is 1. The van der Waals surface area contributed by atoms with Crippen molar-refractivity contribution in [1.82, 2.24) is 19.9 Å². The molecule has 112 valence electrons. The van der Waals surface area contributed by atoms with E-state index < -0.39 is 5.82 Å². The first-order valence-corrected chi connectivity index (χ1v) is 6.93. The molecule has 1 aliphatic heterocycles. The molecule has 1 aliphatic rings. The zero-order valence-corrected chi connectivity index (χ0v) is 11.5. The van der Waals surface area contributed by atoms with Gasteiger partial charge in [0.05, 0.1) is 17.8 Å². The Bertz CT molecular complexity index is 856. The molecule has 1 amide bonds. The Hall–Kier alpha value is -2.77. The number of fused-ring (bicyclic) bond motifs is 2. The number of halogens is 1. The summed E-state index contributed by atoms with van der Waals surface area (Å²) in [6.45, 7) is 0.477. The molecule has 0 radical (unpaired) electrons. The number of nitrogens with one attached hydrogen (secondary N) is 1. The number of hydrogen-bond donors (Lipinski definition) is 1. The van der Waals surface area contributed by atoms with Crippen LogP contribution in [0.5, 0.6) is 0 Å². The Kier molecular flexibility index (Phi) is 2.88. The van der Waals surface area contributed by atoms with Crippen molar-refractivity contribution in [3.63, 3.8) is 0 Å². The molecular formula is C14H12FN5O2. The molecule has 1 atom stereocenters. The second-order valence-electron chi connectivity index (χ2n) is 5.25. The molecule has 2 aromatic heterocycles. The van der Waals surface area contributed by atoms with Crippen molar-refractivity contribution < 1.29 is 13.7 Å². The summed E-state index contributed by atoms with van der Waals surface area (Å²) in [5, 5.41) is 11.0. The minimum atomic E-state index is -0.406. The highest BCUT2D eigenvalue weighted by Crippen LogP contribution is 2.25. The Balaban J connectivity index is 1.55. The Labute approximate surface area is 124 Å². The van der Waals surface area contributed by atoms with Crippen LogP contribution in [-0.2, 0) is 17.8 Å². The van der Waals surface area contributed by atoms with Crippen LogP contribution in [0.15, 0.2) is 29.0 Å². The van der Waals surface area contributed by atoms with Crippen LogP contribution in [0.25, 0.3) is 11.0 Å². The third-order valence-corrected chi connectivity index (χ3v) is 3.85. The summed E-state index contributed by atoms with van der Waals surface area (Å²) in [6.07, 6.45) is 2.88. The number of carbonyl (C=O) groups is 1. The monoisotopic (exact) mass is 301 g/mol. The summed E-state index contributed by atoms with van der Waals surface area (Å²) in [5.74, 6) is 0.313. The number of aryl methyl sites for hydroxylation is 1.